The first-order valence-electron chi connectivity index (χ1n) is 10.0. The van der Waals surface area contributed by atoms with Gasteiger partial charge in [0, 0.05) is 27.4 Å². The van der Waals surface area contributed by atoms with Gasteiger partial charge in [0.25, 0.3) is 5.91 Å². The third-order valence-electron chi connectivity index (χ3n) is 5.30. The van der Waals surface area contributed by atoms with Gasteiger partial charge in [-0.3, -0.25) is 15.1 Å². The number of amides is 1. The van der Waals surface area contributed by atoms with Gasteiger partial charge in [0.05, 0.1) is 11.3 Å². The number of hydroxylamine groups is 1. The summed E-state index contributed by atoms with van der Waals surface area (Å²) in [4.78, 5) is 21.7. The molecule has 2 N–H and O–H groups in total. The molecule has 178 valence electrons. The van der Waals surface area contributed by atoms with E-state index in [0.717, 1.165) is 18.2 Å². The molecule has 0 aliphatic carbocycles. The van der Waals surface area contributed by atoms with Crippen LogP contribution in [-0.2, 0) is 10.4 Å². The number of alkyl halides is 3. The summed E-state index contributed by atoms with van der Waals surface area (Å²) in [7, 11) is 0. The van der Waals surface area contributed by atoms with Gasteiger partial charge in [0.2, 0.25) is 5.60 Å². The quantitative estimate of drug-likeness (QED) is 0.432. The molecule has 1 amide bonds. The number of hydrogen-bond donors (Lipinski definition) is 2. The first-order chi connectivity index (χ1) is 16.5. The van der Waals surface area contributed by atoms with Gasteiger partial charge in [0.15, 0.2) is 0 Å². The topological polar surface area (TPSA) is 87.0 Å². The smallest absolute Gasteiger partial charge is 0.307 e. The van der Waals surface area contributed by atoms with E-state index >= 15 is 0 Å². The molecule has 3 aromatic rings. The lowest BCUT2D eigenvalue weighted by atomic mass is 9.91. The molecule has 1 unspecified atom stereocenters. The van der Waals surface area contributed by atoms with Crippen LogP contribution in [0.3, 0.4) is 0 Å². The minimum atomic E-state index is -4.83. The van der Waals surface area contributed by atoms with Gasteiger partial charge in [-0.1, -0.05) is 29.3 Å². The van der Waals surface area contributed by atoms with Crippen molar-refractivity contribution >= 4 is 40.6 Å². The van der Waals surface area contributed by atoms with E-state index < -0.39 is 17.7 Å². The second-order valence-corrected chi connectivity index (χ2v) is 8.55. The van der Waals surface area contributed by atoms with E-state index in [0.29, 0.717) is 22.3 Å². The Bertz CT molecular complexity index is 1360. The minimum absolute atomic E-state index is 0.0320. The molecule has 0 bridgehead atoms. The highest BCUT2D eigenvalue weighted by Gasteiger charge is 2.59. The Kier molecular flexibility index (Phi) is 6.47. The van der Waals surface area contributed by atoms with Crippen molar-refractivity contribution in [3.8, 4) is 6.07 Å². The van der Waals surface area contributed by atoms with Crippen molar-refractivity contribution in [2.24, 2.45) is 0 Å². The average Bonchev–Trinajstić information content (AvgIpc) is 3.26. The van der Waals surface area contributed by atoms with E-state index in [9.17, 15) is 18.0 Å². The van der Waals surface area contributed by atoms with Crippen LogP contribution in [0.25, 0.3) is 5.70 Å². The third kappa shape index (κ3) is 4.82. The molecule has 11 heteroatoms. The SMILES string of the molecule is Cc1cc(C2=CC(c3cc(Cl)cc(Cl)c3)(C(F)(F)F)ON2)ccc1C(=O)Nc1ccc(C#N)cn1. The maximum absolute atomic E-state index is 14.2. The third-order valence-corrected chi connectivity index (χ3v) is 5.73. The summed E-state index contributed by atoms with van der Waals surface area (Å²) in [6.07, 6.45) is -2.60. The standard InChI is InChI=1S/C24H15Cl2F3N4O2/c1-13-6-15(3-4-19(13)22(34)32-21-5-2-14(11-30)12-31-21)20-10-23(35-33-20,24(27,28)29)16-7-17(25)9-18(26)8-16/h2-10,12,33H,1H3,(H,31,32,34). The molecule has 4 rings (SSSR count). The second-order valence-electron chi connectivity index (χ2n) is 7.68. The van der Waals surface area contributed by atoms with Gasteiger partial charge in [-0.05, 0) is 66.6 Å². The number of nitrogens with zero attached hydrogens (tertiary/aromatic N) is 2. The van der Waals surface area contributed by atoms with Gasteiger partial charge < -0.3 is 5.32 Å². The zero-order valence-electron chi connectivity index (χ0n) is 17.9. The van der Waals surface area contributed by atoms with Crippen molar-refractivity contribution in [2.75, 3.05) is 5.32 Å². The fourth-order valence-electron chi connectivity index (χ4n) is 3.56. The molecule has 6 nitrogen and oxygen atoms in total. The number of halogens is 5. The first kappa shape index (κ1) is 24.5. The summed E-state index contributed by atoms with van der Waals surface area (Å²) in [6.45, 7) is 1.65. The number of hydrogen-bond acceptors (Lipinski definition) is 5. The fraction of sp³-hybridized carbons (Fsp3) is 0.125. The Morgan fingerprint density at radius 1 is 1.14 bits per heavy atom. The highest BCUT2D eigenvalue weighted by Crippen LogP contribution is 2.48. The molecule has 1 atom stereocenters. The van der Waals surface area contributed by atoms with Crippen LogP contribution in [0.5, 0.6) is 0 Å². The Morgan fingerprint density at radius 2 is 1.86 bits per heavy atom. The number of benzene rings is 2. The van der Waals surface area contributed by atoms with E-state index in [2.05, 4.69) is 15.8 Å². The summed E-state index contributed by atoms with van der Waals surface area (Å²) >= 11 is 11.9. The molecule has 1 aliphatic heterocycles. The van der Waals surface area contributed by atoms with Crippen LogP contribution in [-0.4, -0.2) is 17.1 Å². The molecule has 2 heterocycles. The van der Waals surface area contributed by atoms with Crippen molar-refractivity contribution < 1.29 is 22.8 Å². The van der Waals surface area contributed by atoms with Gasteiger partial charge >= 0.3 is 6.18 Å². The van der Waals surface area contributed by atoms with E-state index in [-0.39, 0.29) is 27.1 Å². The molecular formula is C24H15Cl2F3N4O2. The van der Waals surface area contributed by atoms with Crippen molar-refractivity contribution in [3.63, 3.8) is 0 Å². The van der Waals surface area contributed by atoms with Gasteiger partial charge in [-0.15, -0.1) is 0 Å². The summed E-state index contributed by atoms with van der Waals surface area (Å²) in [5.74, 6) is -0.213. The van der Waals surface area contributed by atoms with Crippen LogP contribution in [0.2, 0.25) is 10.0 Å². The molecule has 0 saturated carbocycles. The second kappa shape index (κ2) is 9.23. The van der Waals surface area contributed by atoms with E-state index in [4.69, 9.17) is 33.3 Å². The predicted molar refractivity (Wildman–Crippen MR) is 124 cm³/mol. The molecule has 0 fully saturated rings. The molecule has 0 saturated heterocycles. The molecule has 35 heavy (non-hydrogen) atoms. The number of nitriles is 1. The van der Waals surface area contributed by atoms with Crippen LogP contribution in [0.1, 0.15) is 32.6 Å². The summed E-state index contributed by atoms with van der Waals surface area (Å²) < 4.78 is 42.6. The number of anilines is 1. The van der Waals surface area contributed by atoms with E-state index in [1.54, 1.807) is 13.0 Å². The number of carbonyl (C=O) groups excluding carboxylic acids is 1. The summed E-state index contributed by atoms with van der Waals surface area (Å²) in [6, 6.07) is 13.1. The monoisotopic (exact) mass is 518 g/mol. The minimum Gasteiger partial charge on any atom is -0.307 e. The number of nitrogens with one attached hydrogen (secondary N) is 2. The Labute approximate surface area is 207 Å². The number of aryl methyl sites for hydroxylation is 1. The van der Waals surface area contributed by atoms with Gasteiger partial charge in [0.1, 0.15) is 11.9 Å². The summed E-state index contributed by atoms with van der Waals surface area (Å²) in [5, 5.41) is 11.5. The molecule has 1 aliphatic rings. The van der Waals surface area contributed by atoms with Crippen LogP contribution in [0.4, 0.5) is 19.0 Å². The zero-order valence-corrected chi connectivity index (χ0v) is 19.4. The molecule has 2 aromatic carbocycles. The zero-order chi connectivity index (χ0) is 25.4. The normalized spacial score (nSPS) is 17.3. The molecular weight excluding hydrogens is 504 g/mol. The highest BCUT2D eigenvalue weighted by atomic mass is 35.5. The maximum atomic E-state index is 14.2. The molecule has 0 spiro atoms. The number of carbonyl (C=O) groups is 1. The molecule has 0 radical (unpaired) electrons. The number of pyridine rings is 1. The van der Waals surface area contributed by atoms with Crippen LogP contribution < -0.4 is 10.8 Å². The van der Waals surface area contributed by atoms with Crippen molar-refractivity contribution in [2.45, 2.75) is 18.7 Å². The van der Waals surface area contributed by atoms with Crippen LogP contribution >= 0.6 is 23.2 Å². The van der Waals surface area contributed by atoms with E-state index in [1.807, 2.05) is 6.07 Å². The van der Waals surface area contributed by atoms with Crippen molar-refractivity contribution in [1.82, 2.24) is 10.5 Å². The highest BCUT2D eigenvalue weighted by molar-refractivity contribution is 6.34. The number of rotatable bonds is 4. The van der Waals surface area contributed by atoms with Crippen molar-refractivity contribution in [3.05, 3.63) is 98.7 Å². The van der Waals surface area contributed by atoms with Gasteiger partial charge in [-0.25, -0.2) is 4.98 Å². The number of aromatic nitrogens is 1. The Hall–Kier alpha value is -3.58. The lowest BCUT2D eigenvalue weighted by Gasteiger charge is -2.28. The van der Waals surface area contributed by atoms with Crippen LogP contribution in [0, 0.1) is 18.3 Å². The summed E-state index contributed by atoms with van der Waals surface area (Å²) in [5.41, 5.74) is 0.824. The Balaban J connectivity index is 1.64. The maximum Gasteiger partial charge on any atom is 0.428 e. The molecule has 1 aromatic heterocycles. The van der Waals surface area contributed by atoms with E-state index in [1.165, 1.54) is 36.5 Å². The Morgan fingerprint density at radius 3 is 2.43 bits per heavy atom. The first-order valence-corrected chi connectivity index (χ1v) is 10.8. The van der Waals surface area contributed by atoms with Crippen molar-refractivity contribution in [1.29, 1.82) is 5.26 Å². The average molecular weight is 519 g/mol. The van der Waals surface area contributed by atoms with Crippen LogP contribution in [0.15, 0.2) is 60.8 Å². The predicted octanol–water partition coefficient (Wildman–Crippen LogP) is 6.15. The van der Waals surface area contributed by atoms with Gasteiger partial charge in [-0.2, -0.15) is 18.4 Å². The fourth-order valence-corrected chi connectivity index (χ4v) is 4.08. The lowest BCUT2D eigenvalue weighted by molar-refractivity contribution is -0.269. The lowest BCUT2D eigenvalue weighted by Crippen LogP contribution is -2.42. The largest absolute Gasteiger partial charge is 0.428 e.